The number of aromatic nitrogens is 2. The Morgan fingerprint density at radius 2 is 2.04 bits per heavy atom. The third-order valence-electron chi connectivity index (χ3n) is 3.51. The Balaban J connectivity index is 2.32. The fourth-order valence-corrected chi connectivity index (χ4v) is 2.31. The van der Waals surface area contributed by atoms with Gasteiger partial charge >= 0.3 is 5.97 Å². The lowest BCUT2D eigenvalue weighted by Gasteiger charge is -2.15. The highest BCUT2D eigenvalue weighted by atomic mass is 35.5. The third kappa shape index (κ3) is 3.34. The molecule has 0 aliphatic carbocycles. The fraction of sp³-hybridized carbons (Fsp3) is 0.267. The summed E-state index contributed by atoms with van der Waals surface area (Å²) >= 11 is 6.02. The summed E-state index contributed by atoms with van der Waals surface area (Å²) in [5.74, 6) is -2.44. The molecule has 2 aromatic rings. The van der Waals surface area contributed by atoms with Gasteiger partial charge in [0.1, 0.15) is 5.82 Å². The van der Waals surface area contributed by atoms with Crippen LogP contribution in [-0.2, 0) is 11.8 Å². The number of nitrogens with zero attached hydrogens (tertiary/aromatic N) is 2. The van der Waals surface area contributed by atoms with Gasteiger partial charge in [-0.25, -0.2) is 9.18 Å². The first kappa shape index (κ1) is 17.0. The van der Waals surface area contributed by atoms with E-state index < -0.39 is 23.7 Å². The molecule has 0 radical (unpaired) electrons. The number of aryl methyl sites for hydroxylation is 2. The molecule has 1 aromatic heterocycles. The minimum absolute atomic E-state index is 0.0586. The summed E-state index contributed by atoms with van der Waals surface area (Å²) in [4.78, 5) is 23.7. The van der Waals surface area contributed by atoms with Crippen molar-refractivity contribution >= 4 is 23.5 Å². The van der Waals surface area contributed by atoms with E-state index in [1.165, 1.54) is 23.7 Å². The number of carboxylic acid groups (broad SMARTS) is 1. The highest BCUT2D eigenvalue weighted by Crippen LogP contribution is 2.21. The van der Waals surface area contributed by atoms with Crippen molar-refractivity contribution in [2.24, 2.45) is 7.05 Å². The Morgan fingerprint density at radius 1 is 1.39 bits per heavy atom. The summed E-state index contributed by atoms with van der Waals surface area (Å²) in [6.45, 7) is 3.20. The van der Waals surface area contributed by atoms with Crippen LogP contribution in [0.3, 0.4) is 0 Å². The number of aliphatic carboxylic acids is 1. The van der Waals surface area contributed by atoms with Gasteiger partial charge in [-0.15, -0.1) is 0 Å². The highest BCUT2D eigenvalue weighted by Gasteiger charge is 2.26. The van der Waals surface area contributed by atoms with E-state index in [4.69, 9.17) is 11.6 Å². The van der Waals surface area contributed by atoms with Crippen LogP contribution in [0.5, 0.6) is 0 Å². The fourth-order valence-electron chi connectivity index (χ4n) is 2.06. The molecule has 0 saturated heterocycles. The lowest BCUT2D eigenvalue weighted by atomic mass is 10.0. The number of hydrogen-bond acceptors (Lipinski definition) is 3. The van der Waals surface area contributed by atoms with Crippen LogP contribution in [0.1, 0.15) is 33.4 Å². The normalized spacial score (nSPS) is 12.0. The molecule has 1 heterocycles. The van der Waals surface area contributed by atoms with Crippen LogP contribution in [0.15, 0.2) is 18.2 Å². The molecule has 1 atom stereocenters. The summed E-state index contributed by atoms with van der Waals surface area (Å²) in [7, 11) is 1.62. The lowest BCUT2D eigenvalue weighted by Crippen LogP contribution is -2.34. The molecule has 6 nitrogen and oxygen atoms in total. The molecule has 0 spiro atoms. The van der Waals surface area contributed by atoms with Crippen LogP contribution in [0.2, 0.25) is 5.02 Å². The molecule has 1 amide bonds. The molecular weight excluding hydrogens is 325 g/mol. The van der Waals surface area contributed by atoms with Crippen LogP contribution < -0.4 is 5.32 Å². The van der Waals surface area contributed by atoms with Gasteiger partial charge in [-0.05, 0) is 31.0 Å². The maximum absolute atomic E-state index is 13.3. The number of benzene rings is 1. The van der Waals surface area contributed by atoms with Gasteiger partial charge in [0.25, 0.3) is 5.91 Å². The Labute approximate surface area is 136 Å². The maximum Gasteiger partial charge on any atom is 0.330 e. The summed E-state index contributed by atoms with van der Waals surface area (Å²) in [5.41, 5.74) is 1.07. The zero-order valence-corrected chi connectivity index (χ0v) is 13.5. The van der Waals surface area contributed by atoms with E-state index >= 15 is 0 Å². The molecule has 0 aliphatic rings. The average Bonchev–Trinajstić information content (AvgIpc) is 2.75. The molecule has 2 N–H and O–H groups in total. The number of amides is 1. The second kappa shape index (κ2) is 6.37. The van der Waals surface area contributed by atoms with Crippen molar-refractivity contribution in [3.63, 3.8) is 0 Å². The van der Waals surface area contributed by atoms with Crippen molar-refractivity contribution in [3.05, 3.63) is 51.6 Å². The van der Waals surface area contributed by atoms with Gasteiger partial charge in [-0.3, -0.25) is 9.48 Å². The average molecular weight is 340 g/mol. The summed E-state index contributed by atoms with van der Waals surface area (Å²) in [6, 6.07) is 2.51. The first-order chi connectivity index (χ1) is 10.7. The number of halogens is 2. The second-order valence-electron chi connectivity index (χ2n) is 5.12. The van der Waals surface area contributed by atoms with Crippen LogP contribution in [0, 0.1) is 19.7 Å². The zero-order valence-electron chi connectivity index (χ0n) is 12.7. The van der Waals surface area contributed by atoms with Crippen LogP contribution >= 0.6 is 11.6 Å². The summed E-state index contributed by atoms with van der Waals surface area (Å²) in [5, 5.41) is 15.8. The quantitative estimate of drug-likeness (QED) is 0.895. The number of carboxylic acids is 1. The first-order valence-corrected chi connectivity index (χ1v) is 7.09. The largest absolute Gasteiger partial charge is 0.479 e. The summed E-state index contributed by atoms with van der Waals surface area (Å²) in [6.07, 6.45) is 0. The summed E-state index contributed by atoms with van der Waals surface area (Å²) < 4.78 is 14.8. The monoisotopic (exact) mass is 339 g/mol. The molecule has 2 rings (SSSR count). The number of carbonyl (C=O) groups is 2. The Hall–Kier alpha value is -2.41. The van der Waals surface area contributed by atoms with Crippen molar-refractivity contribution in [2.45, 2.75) is 19.9 Å². The van der Waals surface area contributed by atoms with Crippen molar-refractivity contribution in [3.8, 4) is 0 Å². The molecule has 122 valence electrons. The molecule has 0 saturated carbocycles. The van der Waals surface area contributed by atoms with Gasteiger partial charge in [-0.2, -0.15) is 5.10 Å². The van der Waals surface area contributed by atoms with Gasteiger partial charge in [-0.1, -0.05) is 23.7 Å². The van der Waals surface area contributed by atoms with Crippen LogP contribution in [-0.4, -0.2) is 26.8 Å². The topological polar surface area (TPSA) is 84.2 Å². The van der Waals surface area contributed by atoms with E-state index in [1.54, 1.807) is 14.0 Å². The lowest BCUT2D eigenvalue weighted by molar-refractivity contribution is -0.139. The molecule has 0 fully saturated rings. The van der Waals surface area contributed by atoms with E-state index in [0.29, 0.717) is 5.69 Å². The predicted molar refractivity (Wildman–Crippen MR) is 81.9 cm³/mol. The van der Waals surface area contributed by atoms with E-state index in [1.807, 2.05) is 0 Å². The zero-order chi connectivity index (χ0) is 17.3. The predicted octanol–water partition coefficient (Wildman–Crippen LogP) is 2.39. The van der Waals surface area contributed by atoms with Gasteiger partial charge in [0.2, 0.25) is 0 Å². The van der Waals surface area contributed by atoms with Gasteiger partial charge in [0.05, 0.1) is 10.7 Å². The molecule has 0 bridgehead atoms. The van der Waals surface area contributed by atoms with Crippen molar-refractivity contribution in [1.82, 2.24) is 15.1 Å². The smallest absolute Gasteiger partial charge is 0.330 e. The third-order valence-corrected chi connectivity index (χ3v) is 3.97. The number of hydrogen-bond donors (Lipinski definition) is 2. The van der Waals surface area contributed by atoms with Gasteiger partial charge in [0, 0.05) is 7.05 Å². The molecule has 8 heteroatoms. The van der Waals surface area contributed by atoms with Gasteiger partial charge in [0.15, 0.2) is 11.7 Å². The highest BCUT2D eigenvalue weighted by molar-refractivity contribution is 6.34. The van der Waals surface area contributed by atoms with Crippen LogP contribution in [0.4, 0.5) is 4.39 Å². The van der Waals surface area contributed by atoms with Gasteiger partial charge < -0.3 is 10.4 Å². The Bertz CT molecular complexity index is 789. The number of rotatable bonds is 4. The van der Waals surface area contributed by atoms with E-state index in [-0.39, 0.29) is 21.8 Å². The minimum Gasteiger partial charge on any atom is -0.479 e. The standard InChI is InChI=1S/C15H15ClFN3O3/c1-7-6-9(4-5-10(7)17)12(15(22)23)18-14(21)13-11(16)8(2)20(3)19-13/h4-6,12H,1-3H3,(H,18,21)(H,22,23). The molecule has 0 aliphatic heterocycles. The van der Waals surface area contributed by atoms with E-state index in [2.05, 4.69) is 10.4 Å². The molecular formula is C15H15ClFN3O3. The Morgan fingerprint density at radius 3 is 2.52 bits per heavy atom. The SMILES string of the molecule is Cc1cc(C(NC(=O)c2nn(C)c(C)c2Cl)C(=O)O)ccc1F. The maximum atomic E-state index is 13.3. The first-order valence-electron chi connectivity index (χ1n) is 6.71. The molecule has 1 unspecified atom stereocenters. The van der Waals surface area contributed by atoms with E-state index in [9.17, 15) is 19.1 Å². The Kier molecular flexibility index (Phi) is 4.70. The van der Waals surface area contributed by atoms with Crippen molar-refractivity contribution < 1.29 is 19.1 Å². The molecule has 1 aromatic carbocycles. The minimum atomic E-state index is -1.33. The van der Waals surface area contributed by atoms with Crippen molar-refractivity contribution in [2.75, 3.05) is 0 Å². The number of nitrogens with one attached hydrogen (secondary N) is 1. The van der Waals surface area contributed by atoms with E-state index in [0.717, 1.165) is 6.07 Å². The second-order valence-corrected chi connectivity index (χ2v) is 5.50. The van der Waals surface area contributed by atoms with Crippen LogP contribution in [0.25, 0.3) is 0 Å². The number of carbonyl (C=O) groups excluding carboxylic acids is 1. The molecule has 23 heavy (non-hydrogen) atoms. The van der Waals surface area contributed by atoms with Crippen molar-refractivity contribution in [1.29, 1.82) is 0 Å².